The van der Waals surface area contributed by atoms with E-state index in [1.165, 1.54) is 6.07 Å². The minimum atomic E-state index is -1.18. The zero-order chi connectivity index (χ0) is 27.1. The number of rotatable bonds is 9. The Labute approximate surface area is 218 Å². The van der Waals surface area contributed by atoms with E-state index in [9.17, 15) is 28.9 Å². The Morgan fingerprint density at radius 3 is 2.39 bits per heavy atom. The van der Waals surface area contributed by atoms with E-state index < -0.39 is 28.6 Å². The van der Waals surface area contributed by atoms with E-state index in [0.717, 1.165) is 33.9 Å². The van der Waals surface area contributed by atoms with E-state index in [0.29, 0.717) is 18.4 Å². The highest BCUT2D eigenvalue weighted by molar-refractivity contribution is 5.93. The van der Waals surface area contributed by atoms with Crippen molar-refractivity contribution in [2.75, 3.05) is 6.61 Å². The smallest absolute Gasteiger partial charge is 0.311 e. The summed E-state index contributed by atoms with van der Waals surface area (Å²) < 4.78 is 35.5. The molecule has 38 heavy (non-hydrogen) atoms. The van der Waals surface area contributed by atoms with E-state index in [1.54, 1.807) is 19.2 Å². The van der Waals surface area contributed by atoms with Crippen LogP contribution in [0.2, 0.25) is 0 Å². The quantitative estimate of drug-likeness (QED) is 0.374. The molecule has 0 aliphatic heterocycles. The average Bonchev–Trinajstić information content (AvgIpc) is 3.65. The molecule has 3 N–H and O–H groups in total. The second kappa shape index (κ2) is 8.32. The van der Waals surface area contributed by atoms with Crippen LogP contribution in [0, 0.1) is 36.8 Å². The molecule has 1 heterocycles. The van der Waals surface area contributed by atoms with Crippen molar-refractivity contribution in [3.05, 3.63) is 81.5 Å². The van der Waals surface area contributed by atoms with E-state index >= 15 is 0 Å². The molecular formula is C30H29F2NO5. The van der Waals surface area contributed by atoms with Gasteiger partial charge in [0, 0.05) is 41.3 Å². The number of benzene rings is 2. The zero-order valence-electron chi connectivity index (χ0n) is 21.4. The van der Waals surface area contributed by atoms with Gasteiger partial charge in [-0.25, -0.2) is 13.8 Å². The lowest BCUT2D eigenvalue weighted by atomic mass is 9.89. The van der Waals surface area contributed by atoms with Gasteiger partial charge in [0.2, 0.25) is 5.88 Å². The van der Waals surface area contributed by atoms with Crippen LogP contribution in [0.1, 0.15) is 58.6 Å². The summed E-state index contributed by atoms with van der Waals surface area (Å²) >= 11 is 0. The summed E-state index contributed by atoms with van der Waals surface area (Å²) in [5, 5.41) is 29.0. The third-order valence-corrected chi connectivity index (χ3v) is 8.73. The minimum Gasteiger partial charge on any atom is -0.481 e. The Kier molecular flexibility index (Phi) is 5.46. The fraction of sp³-hybridized carbons (Fsp3) is 0.400. The number of ether oxygens (including phenoxy) is 1. The molecule has 4 aliphatic carbocycles. The van der Waals surface area contributed by atoms with Gasteiger partial charge in [0.1, 0.15) is 18.2 Å². The van der Waals surface area contributed by atoms with Gasteiger partial charge in [-0.1, -0.05) is 12.1 Å². The van der Waals surface area contributed by atoms with Gasteiger partial charge in [0.25, 0.3) is 0 Å². The topological polar surface area (TPSA) is 99.9 Å². The fourth-order valence-electron chi connectivity index (χ4n) is 6.68. The molecule has 0 saturated heterocycles. The number of carboxylic acid groups (broad SMARTS) is 1. The molecule has 8 heteroatoms. The number of nitrogens with zero attached hydrogens (tertiary/aromatic N) is 1. The maximum atomic E-state index is 15.0. The van der Waals surface area contributed by atoms with Crippen molar-refractivity contribution in [2.24, 2.45) is 11.3 Å². The number of aliphatic hydroxyl groups excluding tert-OH is 1. The zero-order valence-corrected chi connectivity index (χ0v) is 21.4. The van der Waals surface area contributed by atoms with Crippen LogP contribution >= 0.6 is 0 Å². The van der Waals surface area contributed by atoms with Gasteiger partial charge in [0.05, 0.1) is 17.6 Å². The predicted molar refractivity (Wildman–Crippen MR) is 135 cm³/mol. The van der Waals surface area contributed by atoms with Crippen LogP contribution < -0.4 is 4.74 Å². The number of aliphatic carboxylic acids is 1. The summed E-state index contributed by atoms with van der Waals surface area (Å²) in [5.41, 5.74) is 3.82. The van der Waals surface area contributed by atoms with Crippen LogP contribution in [-0.2, 0) is 17.8 Å². The molecule has 0 radical (unpaired) electrons. The number of aliphatic hydroxyl groups is 2. The Balaban J connectivity index is 1.22. The average molecular weight is 522 g/mol. The molecule has 0 amide bonds. The fourth-order valence-corrected chi connectivity index (χ4v) is 6.68. The first-order chi connectivity index (χ1) is 18.0. The number of hydrogen-bond donors (Lipinski definition) is 3. The summed E-state index contributed by atoms with van der Waals surface area (Å²) in [7, 11) is 0. The second-order valence-corrected chi connectivity index (χ2v) is 11.3. The van der Waals surface area contributed by atoms with Crippen LogP contribution in [0.5, 0.6) is 5.88 Å². The number of carbonyl (C=O) groups is 1. The largest absolute Gasteiger partial charge is 0.481 e. The molecule has 7 rings (SSSR count). The molecular weight excluding hydrogens is 492 g/mol. The number of halogens is 2. The standard InChI is InChI=1S/C30H29F2NO5/c1-14-6-16(4-5-29(3,37)13-34)7-15(2)24(14)19-8-17(21(31)10-22(19)32)12-38-23-9-18-20(11-33-23)26-27-25(18)30(26,27)28(35)36/h6-11,25-27,34,37H,4-5,12-13H2,1-3H3,(H,35,36). The van der Waals surface area contributed by atoms with Gasteiger partial charge in [0.15, 0.2) is 0 Å². The van der Waals surface area contributed by atoms with Crippen molar-refractivity contribution in [1.82, 2.24) is 4.98 Å². The number of aromatic nitrogens is 1. The van der Waals surface area contributed by atoms with Crippen LogP contribution in [0.25, 0.3) is 11.1 Å². The number of aryl methyl sites for hydroxylation is 3. The summed E-state index contributed by atoms with van der Waals surface area (Å²) in [6.45, 7) is 4.81. The molecule has 2 fully saturated rings. The third-order valence-electron chi connectivity index (χ3n) is 8.73. The molecule has 0 spiro atoms. The second-order valence-electron chi connectivity index (χ2n) is 11.3. The lowest BCUT2D eigenvalue weighted by molar-refractivity contribution is -0.141. The van der Waals surface area contributed by atoms with Crippen LogP contribution in [0.3, 0.4) is 0 Å². The van der Waals surface area contributed by atoms with Crippen molar-refractivity contribution in [3.63, 3.8) is 0 Å². The van der Waals surface area contributed by atoms with Crippen molar-refractivity contribution in [1.29, 1.82) is 0 Å². The van der Waals surface area contributed by atoms with Crippen molar-refractivity contribution >= 4 is 5.97 Å². The van der Waals surface area contributed by atoms with Gasteiger partial charge in [-0.3, -0.25) is 4.79 Å². The molecule has 198 valence electrons. The maximum Gasteiger partial charge on any atom is 0.311 e. The Morgan fingerprint density at radius 1 is 1.08 bits per heavy atom. The van der Waals surface area contributed by atoms with Crippen molar-refractivity contribution < 1.29 is 33.6 Å². The number of hydrogen-bond acceptors (Lipinski definition) is 5. The molecule has 1 aromatic heterocycles. The highest BCUT2D eigenvalue weighted by Gasteiger charge is 2.95. The maximum absolute atomic E-state index is 15.0. The first-order valence-corrected chi connectivity index (χ1v) is 12.8. The Bertz CT molecular complexity index is 1480. The first-order valence-electron chi connectivity index (χ1n) is 12.8. The van der Waals surface area contributed by atoms with Crippen molar-refractivity contribution in [2.45, 2.75) is 57.7 Å². The lowest BCUT2D eigenvalue weighted by Crippen LogP contribution is -2.29. The summed E-state index contributed by atoms with van der Waals surface area (Å²) in [6, 6.07) is 7.92. The highest BCUT2D eigenvalue weighted by atomic mass is 19.1. The van der Waals surface area contributed by atoms with Gasteiger partial charge < -0.3 is 20.1 Å². The number of carboxylic acids is 1. The van der Waals surface area contributed by atoms with Crippen LogP contribution in [0.15, 0.2) is 36.5 Å². The van der Waals surface area contributed by atoms with Crippen LogP contribution in [0.4, 0.5) is 8.78 Å². The Hall–Kier alpha value is -3.36. The summed E-state index contributed by atoms with van der Waals surface area (Å²) in [4.78, 5) is 16.0. The molecule has 3 aromatic rings. The molecule has 4 aliphatic rings. The van der Waals surface area contributed by atoms with E-state index in [4.69, 9.17) is 4.74 Å². The van der Waals surface area contributed by atoms with E-state index in [2.05, 4.69) is 4.98 Å². The minimum absolute atomic E-state index is 0.0168. The van der Waals surface area contributed by atoms with E-state index in [1.807, 2.05) is 26.0 Å². The Morgan fingerprint density at radius 2 is 1.76 bits per heavy atom. The van der Waals surface area contributed by atoms with Gasteiger partial charge in [-0.2, -0.15) is 0 Å². The van der Waals surface area contributed by atoms with Gasteiger partial charge >= 0.3 is 5.97 Å². The first kappa shape index (κ1) is 24.9. The molecule has 6 nitrogen and oxygen atoms in total. The molecule has 2 aromatic carbocycles. The number of pyridine rings is 1. The highest BCUT2D eigenvalue weighted by Crippen LogP contribution is 2.96. The van der Waals surface area contributed by atoms with E-state index in [-0.39, 0.29) is 48.0 Å². The lowest BCUT2D eigenvalue weighted by Gasteiger charge is -2.21. The SMILES string of the molecule is Cc1cc(CCC(C)(O)CO)cc(C)c1-c1cc(COc2cc3c(cn2)C2C4C3C24C(=O)O)c(F)cc1F. The molecule has 2 saturated carbocycles. The normalized spacial score (nSPS) is 25.4. The predicted octanol–water partition coefficient (Wildman–Crippen LogP) is 4.79. The third kappa shape index (κ3) is 3.57. The van der Waals surface area contributed by atoms with Gasteiger partial charge in [-0.15, -0.1) is 0 Å². The van der Waals surface area contributed by atoms with Crippen molar-refractivity contribution in [3.8, 4) is 17.0 Å². The van der Waals surface area contributed by atoms with Crippen LogP contribution in [-0.4, -0.2) is 38.5 Å². The summed E-state index contributed by atoms with van der Waals surface area (Å²) in [6.07, 6.45) is 2.59. The molecule has 5 atom stereocenters. The molecule has 5 unspecified atom stereocenters. The summed E-state index contributed by atoms with van der Waals surface area (Å²) in [5.74, 6) is -1.62. The van der Waals surface area contributed by atoms with Gasteiger partial charge in [-0.05, 0) is 79.0 Å². The monoisotopic (exact) mass is 521 g/mol. The molecule has 2 bridgehead atoms.